The van der Waals surface area contributed by atoms with Gasteiger partial charge in [-0.1, -0.05) is 12.1 Å². The van der Waals surface area contributed by atoms with Crippen molar-refractivity contribution in [3.63, 3.8) is 0 Å². The highest BCUT2D eigenvalue weighted by atomic mass is 16.5. The molecular formula is C16H19N3O3. The Kier molecular flexibility index (Phi) is 4.78. The molecule has 2 N–H and O–H groups in total. The molecule has 1 aliphatic rings. The van der Waals surface area contributed by atoms with Crippen molar-refractivity contribution < 1.29 is 14.3 Å². The van der Waals surface area contributed by atoms with Gasteiger partial charge in [0.1, 0.15) is 5.54 Å². The lowest BCUT2D eigenvalue weighted by Gasteiger charge is -2.26. The quantitative estimate of drug-likeness (QED) is 0.791. The third kappa shape index (κ3) is 3.43. The van der Waals surface area contributed by atoms with Crippen molar-refractivity contribution in [2.24, 2.45) is 0 Å². The number of nitrogens with one attached hydrogen (secondary N) is 2. The van der Waals surface area contributed by atoms with Gasteiger partial charge in [0.2, 0.25) is 5.91 Å². The zero-order valence-corrected chi connectivity index (χ0v) is 12.7. The van der Waals surface area contributed by atoms with Gasteiger partial charge in [0.25, 0.3) is 0 Å². The third-order valence-corrected chi connectivity index (χ3v) is 3.85. The van der Waals surface area contributed by atoms with Gasteiger partial charge in [-0.05, 0) is 24.1 Å². The molecule has 0 saturated carbocycles. The molecule has 1 aromatic carbocycles. The number of rotatable bonds is 4. The SMILES string of the molecule is COC(=O)[C@]1(Cc2ccc(C#N)cc2)C[C@H](NC(C)=O)CN1. The molecule has 0 aromatic heterocycles. The monoisotopic (exact) mass is 301 g/mol. The largest absolute Gasteiger partial charge is 0.468 e. The second-order valence-corrected chi connectivity index (χ2v) is 5.54. The maximum Gasteiger partial charge on any atom is 0.326 e. The van der Waals surface area contributed by atoms with E-state index in [1.807, 2.05) is 12.1 Å². The van der Waals surface area contributed by atoms with Crippen molar-refractivity contribution in [2.45, 2.75) is 31.3 Å². The first kappa shape index (κ1) is 16.0. The summed E-state index contributed by atoms with van der Waals surface area (Å²) < 4.78 is 4.94. The molecular weight excluding hydrogens is 282 g/mol. The molecule has 6 nitrogen and oxygen atoms in total. The fraction of sp³-hybridized carbons (Fsp3) is 0.438. The lowest BCUT2D eigenvalue weighted by molar-refractivity contribution is -0.148. The highest BCUT2D eigenvalue weighted by Crippen LogP contribution is 2.26. The van der Waals surface area contributed by atoms with Crippen LogP contribution in [0.1, 0.15) is 24.5 Å². The van der Waals surface area contributed by atoms with Crippen LogP contribution in [-0.2, 0) is 20.7 Å². The van der Waals surface area contributed by atoms with E-state index in [1.165, 1.54) is 14.0 Å². The minimum absolute atomic E-state index is 0.102. The van der Waals surface area contributed by atoms with E-state index in [4.69, 9.17) is 10.00 Å². The fourth-order valence-corrected chi connectivity index (χ4v) is 2.88. The average molecular weight is 301 g/mol. The van der Waals surface area contributed by atoms with Crippen LogP contribution in [0.5, 0.6) is 0 Å². The Labute approximate surface area is 129 Å². The van der Waals surface area contributed by atoms with Crippen molar-refractivity contribution in [1.29, 1.82) is 5.26 Å². The maximum absolute atomic E-state index is 12.2. The Balaban J connectivity index is 2.18. The summed E-state index contributed by atoms with van der Waals surface area (Å²) in [5.41, 5.74) is 0.655. The number of amides is 1. The van der Waals surface area contributed by atoms with E-state index in [1.54, 1.807) is 12.1 Å². The molecule has 1 aliphatic heterocycles. The molecule has 0 spiro atoms. The summed E-state index contributed by atoms with van der Waals surface area (Å²) in [6.07, 6.45) is 0.917. The molecule has 1 heterocycles. The van der Waals surface area contributed by atoms with Crippen molar-refractivity contribution in [2.75, 3.05) is 13.7 Å². The van der Waals surface area contributed by atoms with E-state index < -0.39 is 5.54 Å². The van der Waals surface area contributed by atoms with E-state index in [2.05, 4.69) is 16.7 Å². The Morgan fingerprint density at radius 2 is 2.14 bits per heavy atom. The van der Waals surface area contributed by atoms with Crippen molar-refractivity contribution >= 4 is 11.9 Å². The van der Waals surface area contributed by atoms with Gasteiger partial charge in [0.15, 0.2) is 0 Å². The van der Waals surface area contributed by atoms with Gasteiger partial charge >= 0.3 is 5.97 Å². The standard InChI is InChI=1S/C16H19N3O3/c1-11(20)19-14-8-16(18-10-14,15(21)22-2)7-12-3-5-13(9-17)6-4-12/h3-6,14,18H,7-8,10H2,1-2H3,(H,19,20)/t14-,16-/m0/s1. The normalized spacial score (nSPS) is 23.6. The van der Waals surface area contributed by atoms with Gasteiger partial charge in [0, 0.05) is 25.9 Å². The molecule has 1 amide bonds. The molecule has 1 fully saturated rings. The summed E-state index contributed by atoms with van der Waals surface area (Å²) in [7, 11) is 1.36. The Hall–Kier alpha value is -2.39. The number of methoxy groups -OCH3 is 1. The Morgan fingerprint density at radius 1 is 1.45 bits per heavy atom. The average Bonchev–Trinajstić information content (AvgIpc) is 2.90. The molecule has 0 radical (unpaired) electrons. The van der Waals surface area contributed by atoms with Gasteiger partial charge in [-0.15, -0.1) is 0 Å². The summed E-state index contributed by atoms with van der Waals surface area (Å²) >= 11 is 0. The summed E-state index contributed by atoms with van der Waals surface area (Å²) in [6, 6.07) is 9.07. The molecule has 0 aliphatic carbocycles. The second-order valence-electron chi connectivity index (χ2n) is 5.54. The number of benzene rings is 1. The Bertz CT molecular complexity index is 606. The van der Waals surface area contributed by atoms with E-state index in [-0.39, 0.29) is 17.9 Å². The van der Waals surface area contributed by atoms with Crippen LogP contribution >= 0.6 is 0 Å². The number of esters is 1. The number of hydrogen-bond acceptors (Lipinski definition) is 5. The van der Waals surface area contributed by atoms with Crippen LogP contribution in [0, 0.1) is 11.3 Å². The molecule has 0 bridgehead atoms. The number of ether oxygens (including phenoxy) is 1. The topological polar surface area (TPSA) is 91.2 Å². The molecule has 2 atom stereocenters. The first-order chi connectivity index (χ1) is 10.5. The number of carbonyl (C=O) groups is 2. The fourth-order valence-electron chi connectivity index (χ4n) is 2.88. The lowest BCUT2D eigenvalue weighted by atomic mass is 9.88. The zero-order valence-electron chi connectivity index (χ0n) is 12.7. The van der Waals surface area contributed by atoms with Crippen LogP contribution in [0.25, 0.3) is 0 Å². The molecule has 1 aromatic rings. The molecule has 6 heteroatoms. The molecule has 2 rings (SSSR count). The van der Waals surface area contributed by atoms with E-state index in [0.29, 0.717) is 24.9 Å². The first-order valence-corrected chi connectivity index (χ1v) is 7.08. The highest BCUT2D eigenvalue weighted by Gasteiger charge is 2.46. The molecule has 22 heavy (non-hydrogen) atoms. The summed E-state index contributed by atoms with van der Waals surface area (Å²) in [5, 5.41) is 14.9. The number of carbonyl (C=O) groups excluding carboxylic acids is 2. The van der Waals surface area contributed by atoms with Crippen LogP contribution in [0.3, 0.4) is 0 Å². The summed E-state index contributed by atoms with van der Waals surface area (Å²) in [4.78, 5) is 23.4. The van der Waals surface area contributed by atoms with Crippen LogP contribution < -0.4 is 10.6 Å². The first-order valence-electron chi connectivity index (χ1n) is 7.08. The van der Waals surface area contributed by atoms with Gasteiger partial charge in [-0.25, -0.2) is 0 Å². The Morgan fingerprint density at radius 3 is 2.68 bits per heavy atom. The van der Waals surface area contributed by atoms with E-state index >= 15 is 0 Å². The second kappa shape index (κ2) is 6.58. The van der Waals surface area contributed by atoms with Crippen LogP contribution in [0.4, 0.5) is 0 Å². The summed E-state index contributed by atoms with van der Waals surface area (Å²) in [6.45, 7) is 1.98. The van der Waals surface area contributed by atoms with E-state index in [0.717, 1.165) is 5.56 Å². The van der Waals surface area contributed by atoms with Gasteiger partial charge in [0.05, 0.1) is 18.7 Å². The highest BCUT2D eigenvalue weighted by molar-refractivity contribution is 5.82. The smallest absolute Gasteiger partial charge is 0.326 e. The minimum Gasteiger partial charge on any atom is -0.468 e. The van der Waals surface area contributed by atoms with Crippen LogP contribution in [0.2, 0.25) is 0 Å². The van der Waals surface area contributed by atoms with Gasteiger partial charge in [-0.3, -0.25) is 14.9 Å². The van der Waals surface area contributed by atoms with E-state index in [9.17, 15) is 9.59 Å². The van der Waals surface area contributed by atoms with Gasteiger partial charge in [-0.2, -0.15) is 5.26 Å². The summed E-state index contributed by atoms with van der Waals surface area (Å²) in [5.74, 6) is -0.462. The number of nitriles is 1. The van der Waals surface area contributed by atoms with Crippen molar-refractivity contribution in [3.05, 3.63) is 35.4 Å². The van der Waals surface area contributed by atoms with Crippen molar-refractivity contribution in [3.8, 4) is 6.07 Å². The number of nitrogens with zero attached hydrogens (tertiary/aromatic N) is 1. The molecule has 116 valence electrons. The van der Waals surface area contributed by atoms with Crippen LogP contribution in [-0.4, -0.2) is 37.1 Å². The molecule has 1 saturated heterocycles. The molecule has 0 unspecified atom stereocenters. The lowest BCUT2D eigenvalue weighted by Crippen LogP contribution is -2.50. The third-order valence-electron chi connectivity index (χ3n) is 3.85. The van der Waals surface area contributed by atoms with Crippen molar-refractivity contribution in [1.82, 2.24) is 10.6 Å². The van der Waals surface area contributed by atoms with Crippen LogP contribution in [0.15, 0.2) is 24.3 Å². The maximum atomic E-state index is 12.2. The predicted molar refractivity (Wildman–Crippen MR) is 79.8 cm³/mol. The minimum atomic E-state index is -0.851. The van der Waals surface area contributed by atoms with Gasteiger partial charge < -0.3 is 10.1 Å². The predicted octanol–water partition coefficient (Wildman–Crippen LogP) is 0.511. The zero-order chi connectivity index (χ0) is 16.2. The number of hydrogen-bond donors (Lipinski definition) is 2.